The Balaban J connectivity index is 2.03. The number of nitrogens with two attached hydrogens (primary N) is 1. The van der Waals surface area contributed by atoms with Gasteiger partial charge in [0.25, 0.3) is 21.9 Å². The Labute approximate surface area is 170 Å². The number of hydrogen-bond acceptors (Lipinski definition) is 9. The quantitative estimate of drug-likeness (QED) is 0.350. The van der Waals surface area contributed by atoms with Crippen molar-refractivity contribution in [3.8, 4) is 6.07 Å². The molecule has 0 atom stereocenters. The van der Waals surface area contributed by atoms with Crippen LogP contribution in [0, 0.1) is 11.3 Å². The van der Waals surface area contributed by atoms with Crippen LogP contribution in [0.3, 0.4) is 0 Å². The first-order chi connectivity index (χ1) is 13.7. The van der Waals surface area contributed by atoms with E-state index in [1.165, 1.54) is 6.08 Å². The minimum absolute atomic E-state index is 0.0725. The Morgan fingerprint density at radius 1 is 1.38 bits per heavy atom. The third-order valence-electron chi connectivity index (χ3n) is 3.99. The van der Waals surface area contributed by atoms with Crippen LogP contribution in [0.4, 0.5) is 10.9 Å². The third-order valence-corrected chi connectivity index (χ3v) is 5.67. The first kappa shape index (κ1) is 20.5. The highest BCUT2D eigenvalue weighted by Crippen LogP contribution is 2.32. The zero-order valence-electron chi connectivity index (χ0n) is 15.0. The van der Waals surface area contributed by atoms with Crippen LogP contribution in [-0.4, -0.2) is 41.2 Å². The molecule has 4 N–H and O–H groups in total. The monoisotopic (exact) mass is 433 g/mol. The number of nitriles is 1. The molecule has 1 aliphatic heterocycles. The van der Waals surface area contributed by atoms with Gasteiger partial charge in [0.05, 0.1) is 20.9 Å². The van der Waals surface area contributed by atoms with Gasteiger partial charge < -0.3 is 11.1 Å². The summed E-state index contributed by atoms with van der Waals surface area (Å²) in [5, 5.41) is 12.8. The van der Waals surface area contributed by atoms with Gasteiger partial charge in [0.2, 0.25) is 0 Å². The molecule has 150 valence electrons. The molecule has 1 aromatic heterocycles. The summed E-state index contributed by atoms with van der Waals surface area (Å²) in [6.07, 6.45) is 2.14. The number of fused-ring (bicyclic) bond motifs is 1. The van der Waals surface area contributed by atoms with Crippen molar-refractivity contribution < 1.29 is 22.6 Å². The number of carbonyl (C=O) groups is 2. The number of benzene rings is 1. The number of thiazole rings is 1. The Kier molecular flexibility index (Phi) is 5.38. The molecule has 0 fully saturated rings. The van der Waals surface area contributed by atoms with Gasteiger partial charge in [-0.25, -0.2) is 9.88 Å². The van der Waals surface area contributed by atoms with Gasteiger partial charge in [0, 0.05) is 6.54 Å². The fraction of sp³-hybridized carbons (Fsp3) is 0.176. The zero-order valence-corrected chi connectivity index (χ0v) is 16.7. The molecule has 29 heavy (non-hydrogen) atoms. The number of anilines is 2. The topological polar surface area (TPSA) is 166 Å². The first-order valence-electron chi connectivity index (χ1n) is 8.29. The molecule has 2 amide bonds. The van der Waals surface area contributed by atoms with Crippen molar-refractivity contribution in [1.29, 1.82) is 5.26 Å². The lowest BCUT2D eigenvalue weighted by atomic mass is 10.1. The van der Waals surface area contributed by atoms with Gasteiger partial charge in [-0.3, -0.25) is 14.1 Å². The van der Waals surface area contributed by atoms with E-state index in [-0.39, 0.29) is 22.0 Å². The van der Waals surface area contributed by atoms with Gasteiger partial charge >= 0.3 is 0 Å². The molecule has 2 aromatic rings. The van der Waals surface area contributed by atoms with Crippen LogP contribution in [0.15, 0.2) is 28.8 Å². The number of nitrogens with one attached hydrogen (secondary N) is 1. The SMILES string of the molecule is CCCNc1nc(N)sc1C=C(C#N)N1C(=O)c2ccc(S(=O)(=O)O)cc2C1=O. The summed E-state index contributed by atoms with van der Waals surface area (Å²) in [5.41, 5.74) is 5.16. The van der Waals surface area contributed by atoms with Crippen molar-refractivity contribution in [2.24, 2.45) is 0 Å². The largest absolute Gasteiger partial charge is 0.375 e. The number of amides is 2. The van der Waals surface area contributed by atoms with Crippen LogP contribution in [0.1, 0.15) is 38.9 Å². The van der Waals surface area contributed by atoms with Gasteiger partial charge in [-0.05, 0) is 30.7 Å². The van der Waals surface area contributed by atoms with Crippen molar-refractivity contribution in [1.82, 2.24) is 9.88 Å². The molecule has 0 aliphatic carbocycles. The molecule has 0 saturated heterocycles. The number of imide groups is 1. The minimum Gasteiger partial charge on any atom is -0.375 e. The third kappa shape index (κ3) is 3.83. The van der Waals surface area contributed by atoms with E-state index in [1.54, 1.807) is 0 Å². The summed E-state index contributed by atoms with van der Waals surface area (Å²) < 4.78 is 31.8. The van der Waals surface area contributed by atoms with E-state index in [1.807, 2.05) is 13.0 Å². The lowest BCUT2D eigenvalue weighted by Crippen LogP contribution is -2.28. The Bertz CT molecular complexity index is 1190. The number of allylic oxidation sites excluding steroid dienone is 1. The van der Waals surface area contributed by atoms with Crippen molar-refractivity contribution >= 4 is 50.3 Å². The standard InChI is InChI=1S/C17H15N5O5S2/c1-2-5-20-14-13(28-17(19)21-14)6-9(8-18)22-15(23)11-4-3-10(29(25,26)27)7-12(11)16(22)24/h3-4,6-7,20H,2,5H2,1H3,(H2,19,21)(H,25,26,27). The number of nitrogens with zero attached hydrogens (tertiary/aromatic N) is 3. The highest BCUT2D eigenvalue weighted by atomic mass is 32.2. The second kappa shape index (κ2) is 7.63. The fourth-order valence-corrected chi connectivity index (χ4v) is 3.94. The molecule has 12 heteroatoms. The Morgan fingerprint density at radius 2 is 2.07 bits per heavy atom. The Morgan fingerprint density at radius 3 is 2.69 bits per heavy atom. The predicted octanol–water partition coefficient (Wildman–Crippen LogP) is 1.95. The molecular formula is C17H15N5O5S2. The van der Waals surface area contributed by atoms with E-state index in [2.05, 4.69) is 10.3 Å². The molecule has 0 saturated carbocycles. The number of nitrogen functional groups attached to an aromatic ring is 1. The molecule has 0 radical (unpaired) electrons. The van der Waals surface area contributed by atoms with Crippen molar-refractivity contribution in [3.63, 3.8) is 0 Å². The fourth-order valence-electron chi connectivity index (χ4n) is 2.69. The summed E-state index contributed by atoms with van der Waals surface area (Å²) >= 11 is 1.07. The molecule has 3 rings (SSSR count). The van der Waals surface area contributed by atoms with E-state index in [9.17, 15) is 23.3 Å². The van der Waals surface area contributed by atoms with E-state index < -0.39 is 26.8 Å². The van der Waals surface area contributed by atoms with Crippen molar-refractivity contribution in [2.45, 2.75) is 18.2 Å². The van der Waals surface area contributed by atoms with Crippen LogP contribution in [-0.2, 0) is 10.1 Å². The lowest BCUT2D eigenvalue weighted by molar-refractivity contribution is 0.0712. The van der Waals surface area contributed by atoms with Crippen molar-refractivity contribution in [3.05, 3.63) is 39.9 Å². The van der Waals surface area contributed by atoms with Gasteiger partial charge in [0.1, 0.15) is 17.6 Å². The molecule has 2 heterocycles. The maximum Gasteiger partial charge on any atom is 0.294 e. The number of hydrogen-bond donors (Lipinski definition) is 3. The number of rotatable bonds is 6. The maximum atomic E-state index is 12.7. The molecule has 0 spiro atoms. The van der Waals surface area contributed by atoms with E-state index in [0.717, 1.165) is 36.0 Å². The number of aromatic nitrogens is 1. The molecule has 1 aliphatic rings. The van der Waals surface area contributed by atoms with Crippen molar-refractivity contribution in [2.75, 3.05) is 17.6 Å². The van der Waals surface area contributed by atoms with Gasteiger partial charge in [-0.1, -0.05) is 18.3 Å². The summed E-state index contributed by atoms with van der Waals surface area (Å²) in [7, 11) is -4.56. The maximum absolute atomic E-state index is 12.7. The van der Waals surface area contributed by atoms with Crippen LogP contribution < -0.4 is 11.1 Å². The molecule has 0 unspecified atom stereocenters. The first-order valence-corrected chi connectivity index (χ1v) is 10.5. The highest BCUT2D eigenvalue weighted by Gasteiger charge is 2.39. The van der Waals surface area contributed by atoms with Gasteiger partial charge in [-0.2, -0.15) is 13.7 Å². The summed E-state index contributed by atoms with van der Waals surface area (Å²) in [6, 6.07) is 4.84. The minimum atomic E-state index is -4.56. The van der Waals surface area contributed by atoms with E-state index in [4.69, 9.17) is 10.3 Å². The lowest BCUT2D eigenvalue weighted by Gasteiger charge is -2.12. The second-order valence-electron chi connectivity index (χ2n) is 5.96. The molecule has 0 bridgehead atoms. The average Bonchev–Trinajstić information content (AvgIpc) is 3.14. The van der Waals surface area contributed by atoms with E-state index >= 15 is 0 Å². The second-order valence-corrected chi connectivity index (χ2v) is 8.45. The normalized spacial score (nSPS) is 14.1. The summed E-state index contributed by atoms with van der Waals surface area (Å²) in [6.45, 7) is 2.57. The Hall–Kier alpha value is -3.27. The molecule has 1 aromatic carbocycles. The van der Waals surface area contributed by atoms with Gasteiger partial charge in [0.15, 0.2) is 5.13 Å². The summed E-state index contributed by atoms with van der Waals surface area (Å²) in [5.74, 6) is -1.23. The average molecular weight is 433 g/mol. The van der Waals surface area contributed by atoms with Crippen LogP contribution >= 0.6 is 11.3 Å². The van der Waals surface area contributed by atoms with Gasteiger partial charge in [-0.15, -0.1) is 0 Å². The number of carbonyl (C=O) groups excluding carboxylic acids is 2. The predicted molar refractivity (Wildman–Crippen MR) is 106 cm³/mol. The van der Waals surface area contributed by atoms with Crippen LogP contribution in [0.2, 0.25) is 0 Å². The molecule has 10 nitrogen and oxygen atoms in total. The van der Waals surface area contributed by atoms with Crippen LogP contribution in [0.25, 0.3) is 6.08 Å². The van der Waals surface area contributed by atoms with E-state index in [0.29, 0.717) is 22.1 Å². The zero-order chi connectivity index (χ0) is 21.3. The molecular weight excluding hydrogens is 418 g/mol. The smallest absolute Gasteiger partial charge is 0.294 e. The highest BCUT2D eigenvalue weighted by molar-refractivity contribution is 7.85. The summed E-state index contributed by atoms with van der Waals surface area (Å²) in [4.78, 5) is 30.1. The van der Waals surface area contributed by atoms with Crippen LogP contribution in [0.5, 0.6) is 0 Å².